The molecule has 0 aliphatic carbocycles. The van der Waals surface area contributed by atoms with Crippen LogP contribution in [0.25, 0.3) is 0 Å². The van der Waals surface area contributed by atoms with Gasteiger partial charge in [-0.25, -0.2) is 8.42 Å². The lowest BCUT2D eigenvalue weighted by atomic mass is 9.99. The Balaban J connectivity index is 0. The van der Waals surface area contributed by atoms with E-state index in [2.05, 4.69) is 32.1 Å². The second-order valence-corrected chi connectivity index (χ2v) is 5.55. The standard InChI is InChI=1S/C10H23N.CH4O4S/c1-5-7-8-10(6-2)9-11(3)4;1-5-6(2,3)4/h10H,5-9H2,1-4H3;1H3,(H,2,3,4). The Bertz CT molecular complexity index is 252. The number of unbranched alkanes of at least 4 members (excludes halogenated alkanes) is 1. The molecular formula is C11H27NO4S. The summed E-state index contributed by atoms with van der Waals surface area (Å²) in [5.74, 6) is 0.958. The van der Waals surface area contributed by atoms with E-state index in [0.717, 1.165) is 13.0 Å². The molecule has 0 aromatic heterocycles. The monoisotopic (exact) mass is 269 g/mol. The lowest BCUT2D eigenvalue weighted by Gasteiger charge is -2.16. The molecule has 1 N–H and O–H groups in total. The van der Waals surface area contributed by atoms with Gasteiger partial charge in [-0.05, 0) is 12.8 Å². The van der Waals surface area contributed by atoms with Gasteiger partial charge < -0.3 is 9.45 Å². The summed E-state index contributed by atoms with van der Waals surface area (Å²) in [4.78, 5) is 1.59. The number of rotatable bonds is 7. The fourth-order valence-electron chi connectivity index (χ4n) is 1.52. The molecule has 0 amide bonds. The molecule has 0 aliphatic rings. The minimum Gasteiger partial charge on any atom is -0.726 e. The van der Waals surface area contributed by atoms with Crippen LogP contribution in [0, 0.1) is 5.92 Å². The van der Waals surface area contributed by atoms with Crippen LogP contribution < -0.4 is 4.90 Å². The molecule has 6 heteroatoms. The molecule has 0 aliphatic heterocycles. The highest BCUT2D eigenvalue weighted by Gasteiger charge is 2.08. The van der Waals surface area contributed by atoms with Crippen molar-refractivity contribution in [3.05, 3.63) is 0 Å². The zero-order chi connectivity index (χ0) is 13.9. The van der Waals surface area contributed by atoms with Crippen LogP contribution in [0.15, 0.2) is 0 Å². The van der Waals surface area contributed by atoms with Crippen molar-refractivity contribution in [3.63, 3.8) is 0 Å². The van der Waals surface area contributed by atoms with E-state index in [1.807, 2.05) is 0 Å². The molecule has 0 saturated carbocycles. The normalized spacial score (nSPS) is 13.1. The van der Waals surface area contributed by atoms with Gasteiger partial charge in [0, 0.05) is 5.92 Å². The average Bonchev–Trinajstić information content (AvgIpc) is 2.23. The highest BCUT2D eigenvalue weighted by molar-refractivity contribution is 7.80. The molecule has 106 valence electrons. The lowest BCUT2D eigenvalue weighted by Crippen LogP contribution is -3.06. The van der Waals surface area contributed by atoms with Crippen LogP contribution in [0.1, 0.15) is 39.5 Å². The van der Waals surface area contributed by atoms with E-state index in [-0.39, 0.29) is 0 Å². The Morgan fingerprint density at radius 1 is 1.29 bits per heavy atom. The van der Waals surface area contributed by atoms with Crippen LogP contribution in [0.4, 0.5) is 0 Å². The van der Waals surface area contributed by atoms with Crippen LogP contribution in [0.5, 0.6) is 0 Å². The van der Waals surface area contributed by atoms with Crippen molar-refractivity contribution in [1.82, 2.24) is 0 Å². The van der Waals surface area contributed by atoms with Crippen molar-refractivity contribution in [2.45, 2.75) is 39.5 Å². The smallest absolute Gasteiger partial charge is 0.217 e. The summed E-state index contributed by atoms with van der Waals surface area (Å²) in [7, 11) is 0.885. The zero-order valence-corrected chi connectivity index (χ0v) is 12.5. The summed E-state index contributed by atoms with van der Waals surface area (Å²) in [6.45, 7) is 5.93. The predicted molar refractivity (Wildman–Crippen MR) is 67.7 cm³/mol. The Hall–Kier alpha value is -0.170. The highest BCUT2D eigenvalue weighted by atomic mass is 32.3. The fourth-order valence-corrected chi connectivity index (χ4v) is 1.52. The van der Waals surface area contributed by atoms with Gasteiger partial charge in [0.15, 0.2) is 0 Å². The van der Waals surface area contributed by atoms with Crippen molar-refractivity contribution in [2.75, 3.05) is 27.7 Å². The fraction of sp³-hybridized carbons (Fsp3) is 1.00. The van der Waals surface area contributed by atoms with E-state index in [4.69, 9.17) is 0 Å². The first-order chi connectivity index (χ1) is 7.76. The van der Waals surface area contributed by atoms with E-state index in [1.165, 1.54) is 32.2 Å². The van der Waals surface area contributed by atoms with Crippen molar-refractivity contribution in [3.8, 4) is 0 Å². The Labute approximate surface area is 106 Å². The van der Waals surface area contributed by atoms with E-state index in [0.29, 0.717) is 0 Å². The van der Waals surface area contributed by atoms with Crippen molar-refractivity contribution < 1.29 is 22.1 Å². The molecule has 0 bridgehead atoms. The summed E-state index contributed by atoms with van der Waals surface area (Å²) in [6.07, 6.45) is 5.54. The number of hydrogen-bond donors (Lipinski definition) is 1. The molecule has 0 heterocycles. The van der Waals surface area contributed by atoms with E-state index >= 15 is 0 Å². The third-order valence-corrected chi connectivity index (χ3v) is 2.85. The molecule has 1 atom stereocenters. The SMILES string of the molecule is CCCCC(CC)C[NH+](C)C.COS(=O)(=O)[O-]. The van der Waals surface area contributed by atoms with Gasteiger partial charge in [0.25, 0.3) is 0 Å². The maximum absolute atomic E-state index is 9.22. The molecule has 17 heavy (non-hydrogen) atoms. The van der Waals surface area contributed by atoms with Crippen molar-refractivity contribution in [2.24, 2.45) is 5.92 Å². The minimum atomic E-state index is -4.41. The van der Waals surface area contributed by atoms with Gasteiger partial charge in [0.2, 0.25) is 10.4 Å². The summed E-state index contributed by atoms with van der Waals surface area (Å²) < 4.78 is 31.0. The summed E-state index contributed by atoms with van der Waals surface area (Å²) in [5.41, 5.74) is 0. The van der Waals surface area contributed by atoms with Gasteiger partial charge >= 0.3 is 0 Å². The lowest BCUT2D eigenvalue weighted by molar-refractivity contribution is -0.862. The molecule has 0 fully saturated rings. The molecule has 1 unspecified atom stereocenters. The van der Waals surface area contributed by atoms with E-state index in [1.54, 1.807) is 4.90 Å². The van der Waals surface area contributed by atoms with Crippen LogP contribution >= 0.6 is 0 Å². The first-order valence-electron chi connectivity index (χ1n) is 6.07. The predicted octanol–water partition coefficient (Wildman–Crippen LogP) is 0.440. The zero-order valence-electron chi connectivity index (χ0n) is 11.7. The second kappa shape index (κ2) is 11.0. The Kier molecular flexibility index (Phi) is 12.4. The average molecular weight is 269 g/mol. The van der Waals surface area contributed by atoms with Gasteiger partial charge in [-0.15, -0.1) is 0 Å². The van der Waals surface area contributed by atoms with Gasteiger partial charge in [-0.2, -0.15) is 0 Å². The van der Waals surface area contributed by atoms with Crippen LogP contribution in [-0.4, -0.2) is 40.7 Å². The first kappa shape index (κ1) is 19.2. The van der Waals surface area contributed by atoms with Crippen LogP contribution in [0.2, 0.25) is 0 Å². The largest absolute Gasteiger partial charge is 0.726 e. The summed E-state index contributed by atoms with van der Waals surface area (Å²) in [6, 6.07) is 0. The maximum Gasteiger partial charge on any atom is 0.217 e. The number of nitrogens with one attached hydrogen (secondary N) is 1. The van der Waals surface area contributed by atoms with Gasteiger partial charge in [0.05, 0.1) is 27.7 Å². The molecule has 0 saturated heterocycles. The van der Waals surface area contributed by atoms with Gasteiger partial charge in [-0.3, -0.25) is 4.18 Å². The molecule has 5 nitrogen and oxygen atoms in total. The summed E-state index contributed by atoms with van der Waals surface area (Å²) >= 11 is 0. The Morgan fingerprint density at radius 2 is 1.76 bits per heavy atom. The van der Waals surface area contributed by atoms with Crippen LogP contribution in [0.3, 0.4) is 0 Å². The first-order valence-corrected chi connectivity index (χ1v) is 7.40. The molecule has 0 spiro atoms. The van der Waals surface area contributed by atoms with Crippen molar-refractivity contribution in [1.29, 1.82) is 0 Å². The molecule has 0 aromatic carbocycles. The van der Waals surface area contributed by atoms with Crippen LogP contribution in [-0.2, 0) is 14.6 Å². The molecule has 0 rings (SSSR count). The number of quaternary nitrogens is 1. The third-order valence-electron chi connectivity index (χ3n) is 2.44. The van der Waals surface area contributed by atoms with Crippen molar-refractivity contribution >= 4 is 10.4 Å². The third kappa shape index (κ3) is 18.4. The second-order valence-electron chi connectivity index (χ2n) is 4.40. The number of hydrogen-bond acceptors (Lipinski definition) is 4. The van der Waals surface area contributed by atoms with E-state index < -0.39 is 10.4 Å². The molecule has 0 aromatic rings. The van der Waals surface area contributed by atoms with Gasteiger partial charge in [-0.1, -0.05) is 26.7 Å². The van der Waals surface area contributed by atoms with Gasteiger partial charge in [0.1, 0.15) is 0 Å². The topological polar surface area (TPSA) is 70.9 Å². The highest BCUT2D eigenvalue weighted by Crippen LogP contribution is 2.09. The molecular weight excluding hydrogens is 242 g/mol. The van der Waals surface area contributed by atoms with E-state index in [9.17, 15) is 13.0 Å². The minimum absolute atomic E-state index is 0.808. The summed E-state index contributed by atoms with van der Waals surface area (Å²) in [5, 5.41) is 0. The molecule has 0 radical (unpaired) electrons. The Morgan fingerprint density at radius 3 is 2.00 bits per heavy atom. The quantitative estimate of drug-likeness (QED) is 0.538. The maximum atomic E-state index is 9.22.